The Morgan fingerprint density at radius 2 is 1.87 bits per heavy atom. The summed E-state index contributed by atoms with van der Waals surface area (Å²) in [6.07, 6.45) is 1.07. The summed E-state index contributed by atoms with van der Waals surface area (Å²) in [5, 5.41) is 6.59. The van der Waals surface area contributed by atoms with Crippen LogP contribution in [0, 0.1) is 0 Å². The molecule has 15 heavy (non-hydrogen) atoms. The first-order valence-corrected chi connectivity index (χ1v) is 6.06. The molecule has 6 heteroatoms. The second-order valence-corrected chi connectivity index (χ2v) is 4.98. The molecule has 0 spiro atoms. The maximum Gasteiger partial charge on any atom is 0.226 e. The van der Waals surface area contributed by atoms with Gasteiger partial charge in [-0.3, -0.25) is 0 Å². The Bertz CT molecular complexity index is 560. The summed E-state index contributed by atoms with van der Waals surface area (Å²) >= 11 is 0. The molecule has 0 atom stereocenters. The minimum absolute atomic E-state index is 0.131. The van der Waals surface area contributed by atoms with Crippen LogP contribution in [0.15, 0.2) is 39.9 Å². The molecule has 2 rings (SSSR count). The Morgan fingerprint density at radius 3 is 2.47 bits per heavy atom. The lowest BCUT2D eigenvalue weighted by Gasteiger charge is -1.96. The Balaban J connectivity index is 2.61. The first-order valence-electron chi connectivity index (χ1n) is 4.17. The van der Waals surface area contributed by atoms with E-state index >= 15 is 0 Å². The molecule has 78 valence electrons. The molecule has 1 aromatic heterocycles. The van der Waals surface area contributed by atoms with Crippen molar-refractivity contribution in [3.63, 3.8) is 0 Å². The van der Waals surface area contributed by atoms with Crippen LogP contribution in [0.5, 0.6) is 0 Å². The molecule has 0 saturated carbocycles. The van der Waals surface area contributed by atoms with Crippen molar-refractivity contribution in [2.45, 2.75) is 5.03 Å². The van der Waals surface area contributed by atoms with Crippen LogP contribution < -0.4 is 0 Å². The topological polar surface area (TPSA) is 73.1 Å². The third kappa shape index (κ3) is 1.89. The van der Waals surface area contributed by atoms with Crippen LogP contribution in [0.1, 0.15) is 0 Å². The standard InChI is InChI=1S/C9H8N2O3S/c1-15(12,13)9-8(14-11-10-9)7-5-3-2-4-6-7/h2-6H,1H3. The zero-order chi connectivity index (χ0) is 10.9. The van der Waals surface area contributed by atoms with Crippen LogP contribution in [0.2, 0.25) is 0 Å². The summed E-state index contributed by atoms with van der Waals surface area (Å²) < 4.78 is 27.5. The molecule has 0 unspecified atom stereocenters. The highest BCUT2D eigenvalue weighted by atomic mass is 32.2. The van der Waals surface area contributed by atoms with E-state index in [9.17, 15) is 8.42 Å². The van der Waals surface area contributed by atoms with E-state index in [0.29, 0.717) is 5.56 Å². The average Bonchev–Trinajstić information content (AvgIpc) is 2.67. The van der Waals surface area contributed by atoms with Crippen molar-refractivity contribution in [3.8, 4) is 11.3 Å². The van der Waals surface area contributed by atoms with Gasteiger partial charge in [0.1, 0.15) is 0 Å². The van der Waals surface area contributed by atoms with E-state index in [1.54, 1.807) is 24.3 Å². The van der Waals surface area contributed by atoms with Gasteiger partial charge in [-0.25, -0.2) is 8.42 Å². The van der Waals surface area contributed by atoms with Gasteiger partial charge in [-0.1, -0.05) is 35.4 Å². The zero-order valence-electron chi connectivity index (χ0n) is 7.91. The quantitative estimate of drug-likeness (QED) is 0.764. The SMILES string of the molecule is CS(=O)(=O)c1nnoc1-c1ccccc1. The summed E-state index contributed by atoms with van der Waals surface area (Å²) in [6.45, 7) is 0. The smallest absolute Gasteiger partial charge is 0.226 e. The summed E-state index contributed by atoms with van der Waals surface area (Å²) in [5.74, 6) is 0.179. The minimum Gasteiger partial charge on any atom is -0.335 e. The lowest BCUT2D eigenvalue weighted by atomic mass is 10.2. The molecule has 1 heterocycles. The summed E-state index contributed by atoms with van der Waals surface area (Å²) in [5.41, 5.74) is 0.642. The molecule has 0 aliphatic rings. The zero-order valence-corrected chi connectivity index (χ0v) is 8.73. The molecule has 0 amide bonds. The van der Waals surface area contributed by atoms with Crippen molar-refractivity contribution in [1.82, 2.24) is 10.4 Å². The van der Waals surface area contributed by atoms with Crippen LogP contribution in [0.4, 0.5) is 0 Å². The number of nitrogens with zero attached hydrogens (tertiary/aromatic N) is 2. The maximum atomic E-state index is 11.3. The van der Waals surface area contributed by atoms with Gasteiger partial charge in [0.15, 0.2) is 9.84 Å². The van der Waals surface area contributed by atoms with E-state index in [1.807, 2.05) is 6.07 Å². The molecule has 0 radical (unpaired) electrons. The molecule has 0 aliphatic heterocycles. The lowest BCUT2D eigenvalue weighted by Crippen LogP contribution is -1.99. The summed E-state index contributed by atoms with van der Waals surface area (Å²) in [4.78, 5) is 0. The minimum atomic E-state index is -3.41. The predicted octanol–water partition coefficient (Wildman–Crippen LogP) is 1.14. The van der Waals surface area contributed by atoms with Crippen molar-refractivity contribution < 1.29 is 12.9 Å². The van der Waals surface area contributed by atoms with E-state index in [4.69, 9.17) is 4.52 Å². The third-order valence-corrected chi connectivity index (χ3v) is 2.81. The fourth-order valence-electron chi connectivity index (χ4n) is 1.19. The second kappa shape index (κ2) is 3.47. The van der Waals surface area contributed by atoms with Gasteiger partial charge in [-0.2, -0.15) is 0 Å². The van der Waals surface area contributed by atoms with Crippen LogP contribution >= 0.6 is 0 Å². The van der Waals surface area contributed by atoms with Gasteiger partial charge >= 0.3 is 0 Å². The van der Waals surface area contributed by atoms with Gasteiger partial charge < -0.3 is 4.52 Å². The fourth-order valence-corrected chi connectivity index (χ4v) is 1.86. The van der Waals surface area contributed by atoms with Crippen molar-refractivity contribution in [1.29, 1.82) is 0 Å². The van der Waals surface area contributed by atoms with Crippen molar-refractivity contribution in [2.75, 3.05) is 6.26 Å². The highest BCUT2D eigenvalue weighted by Gasteiger charge is 2.21. The molecule has 0 saturated heterocycles. The van der Waals surface area contributed by atoms with Gasteiger partial charge in [0, 0.05) is 17.1 Å². The molecule has 1 aromatic carbocycles. The van der Waals surface area contributed by atoms with Crippen LogP contribution in [-0.4, -0.2) is 25.0 Å². The number of benzene rings is 1. The maximum absolute atomic E-state index is 11.3. The molecule has 0 N–H and O–H groups in total. The van der Waals surface area contributed by atoms with Crippen LogP contribution in [0.25, 0.3) is 11.3 Å². The molecular weight excluding hydrogens is 216 g/mol. The monoisotopic (exact) mass is 224 g/mol. The van der Waals surface area contributed by atoms with Gasteiger partial charge in [-0.15, -0.1) is 0 Å². The Kier molecular flexibility index (Phi) is 2.28. The third-order valence-electron chi connectivity index (χ3n) is 1.85. The normalized spacial score (nSPS) is 11.5. The Hall–Kier alpha value is -1.69. The van der Waals surface area contributed by atoms with E-state index in [-0.39, 0.29) is 10.8 Å². The highest BCUT2D eigenvalue weighted by Crippen LogP contribution is 2.24. The largest absolute Gasteiger partial charge is 0.335 e. The summed E-state index contributed by atoms with van der Waals surface area (Å²) in [6, 6.07) is 8.86. The number of hydrogen-bond donors (Lipinski definition) is 0. The van der Waals surface area contributed by atoms with Gasteiger partial charge in [0.2, 0.25) is 10.8 Å². The van der Waals surface area contributed by atoms with Crippen LogP contribution in [-0.2, 0) is 9.84 Å². The van der Waals surface area contributed by atoms with Crippen molar-refractivity contribution in [2.24, 2.45) is 0 Å². The molecule has 0 bridgehead atoms. The van der Waals surface area contributed by atoms with E-state index in [0.717, 1.165) is 6.26 Å². The number of sulfone groups is 1. The molecular formula is C9H8N2O3S. The molecule has 2 aromatic rings. The van der Waals surface area contributed by atoms with Crippen LogP contribution in [0.3, 0.4) is 0 Å². The van der Waals surface area contributed by atoms with Crippen molar-refractivity contribution >= 4 is 9.84 Å². The Morgan fingerprint density at radius 1 is 1.20 bits per heavy atom. The molecule has 0 aliphatic carbocycles. The summed E-state index contributed by atoms with van der Waals surface area (Å²) in [7, 11) is -3.41. The second-order valence-electron chi connectivity index (χ2n) is 3.05. The number of rotatable bonds is 2. The van der Waals surface area contributed by atoms with Gasteiger partial charge in [-0.05, 0) is 0 Å². The van der Waals surface area contributed by atoms with Gasteiger partial charge in [0.05, 0.1) is 0 Å². The lowest BCUT2D eigenvalue weighted by molar-refractivity contribution is 0.403. The molecule has 0 fully saturated rings. The first-order chi connectivity index (χ1) is 7.09. The highest BCUT2D eigenvalue weighted by molar-refractivity contribution is 7.90. The molecule has 5 nitrogen and oxygen atoms in total. The van der Waals surface area contributed by atoms with E-state index in [2.05, 4.69) is 10.4 Å². The van der Waals surface area contributed by atoms with E-state index < -0.39 is 9.84 Å². The van der Waals surface area contributed by atoms with Crippen molar-refractivity contribution in [3.05, 3.63) is 30.3 Å². The predicted molar refractivity (Wildman–Crippen MR) is 52.8 cm³/mol. The fraction of sp³-hybridized carbons (Fsp3) is 0.111. The number of hydrogen-bond acceptors (Lipinski definition) is 5. The average molecular weight is 224 g/mol. The van der Waals surface area contributed by atoms with E-state index in [1.165, 1.54) is 0 Å². The first kappa shape index (κ1) is 9.85. The van der Waals surface area contributed by atoms with Gasteiger partial charge in [0.25, 0.3) is 0 Å². The Labute approximate surface area is 86.6 Å². The number of aromatic nitrogens is 2.